The quantitative estimate of drug-likeness (QED) is 0.761. The predicted molar refractivity (Wildman–Crippen MR) is 71.2 cm³/mol. The zero-order valence-electron chi connectivity index (χ0n) is 10.8. The first-order chi connectivity index (χ1) is 8.22. The van der Waals surface area contributed by atoms with E-state index < -0.39 is 0 Å². The van der Waals surface area contributed by atoms with E-state index in [1.165, 1.54) is 10.4 Å². The fourth-order valence-electron chi connectivity index (χ4n) is 1.69. The maximum Gasteiger partial charge on any atom is 0.323 e. The second kappa shape index (κ2) is 7.45. The molecule has 3 nitrogen and oxygen atoms in total. The van der Waals surface area contributed by atoms with Crippen LogP contribution in [0.15, 0.2) is 11.4 Å². The van der Waals surface area contributed by atoms with Crippen LogP contribution in [0.2, 0.25) is 0 Å². The Kier molecular flexibility index (Phi) is 6.22. The molecule has 0 aliphatic rings. The van der Waals surface area contributed by atoms with Crippen molar-refractivity contribution < 1.29 is 9.53 Å². The van der Waals surface area contributed by atoms with Gasteiger partial charge in [-0.15, -0.1) is 11.3 Å². The maximum atomic E-state index is 11.6. The van der Waals surface area contributed by atoms with Crippen LogP contribution in [0.3, 0.4) is 0 Å². The summed E-state index contributed by atoms with van der Waals surface area (Å²) in [5.74, 6) is -0.149. The summed E-state index contributed by atoms with van der Waals surface area (Å²) < 4.78 is 5.02. The first-order valence-electron chi connectivity index (χ1n) is 6.18. The Morgan fingerprint density at radius 2 is 2.24 bits per heavy atom. The highest BCUT2D eigenvalue weighted by Gasteiger charge is 2.17. The van der Waals surface area contributed by atoms with Gasteiger partial charge in [0.05, 0.1) is 6.61 Å². The van der Waals surface area contributed by atoms with E-state index in [-0.39, 0.29) is 12.0 Å². The van der Waals surface area contributed by atoms with Crippen LogP contribution in [-0.2, 0) is 22.5 Å². The third-order valence-electron chi connectivity index (χ3n) is 2.71. The van der Waals surface area contributed by atoms with E-state index in [0.717, 1.165) is 19.4 Å². The Labute approximate surface area is 107 Å². The summed E-state index contributed by atoms with van der Waals surface area (Å²) in [4.78, 5) is 12.9. The molecule has 1 rings (SSSR count). The molecule has 0 aromatic carbocycles. The lowest BCUT2D eigenvalue weighted by atomic mass is 10.2. The zero-order chi connectivity index (χ0) is 12.7. The molecule has 96 valence electrons. The number of nitrogens with one attached hydrogen (secondary N) is 1. The number of rotatable bonds is 7. The van der Waals surface area contributed by atoms with Crippen LogP contribution in [0.4, 0.5) is 0 Å². The Bertz CT molecular complexity index is 349. The van der Waals surface area contributed by atoms with Gasteiger partial charge in [-0.1, -0.05) is 13.8 Å². The molecule has 1 aromatic rings. The van der Waals surface area contributed by atoms with Crippen molar-refractivity contribution in [2.75, 3.05) is 6.61 Å². The minimum atomic E-state index is -0.193. The lowest BCUT2D eigenvalue weighted by Crippen LogP contribution is -2.37. The van der Waals surface area contributed by atoms with Gasteiger partial charge < -0.3 is 4.74 Å². The van der Waals surface area contributed by atoms with E-state index in [2.05, 4.69) is 23.7 Å². The molecule has 0 radical (unpaired) electrons. The molecule has 0 fully saturated rings. The van der Waals surface area contributed by atoms with Gasteiger partial charge in [-0.25, -0.2) is 0 Å². The molecule has 17 heavy (non-hydrogen) atoms. The van der Waals surface area contributed by atoms with Crippen molar-refractivity contribution in [3.63, 3.8) is 0 Å². The number of thiophene rings is 1. The Morgan fingerprint density at radius 1 is 1.47 bits per heavy atom. The summed E-state index contributed by atoms with van der Waals surface area (Å²) in [5, 5.41) is 5.37. The van der Waals surface area contributed by atoms with Gasteiger partial charge in [0.25, 0.3) is 0 Å². The van der Waals surface area contributed by atoms with Crippen LogP contribution in [-0.4, -0.2) is 18.6 Å². The third kappa shape index (κ3) is 4.13. The summed E-state index contributed by atoms with van der Waals surface area (Å²) >= 11 is 1.74. The molecule has 0 saturated carbocycles. The van der Waals surface area contributed by atoms with E-state index in [9.17, 15) is 4.79 Å². The van der Waals surface area contributed by atoms with E-state index >= 15 is 0 Å². The van der Waals surface area contributed by atoms with Crippen LogP contribution in [0, 0.1) is 0 Å². The highest BCUT2D eigenvalue weighted by atomic mass is 32.1. The zero-order valence-corrected chi connectivity index (χ0v) is 11.6. The highest BCUT2D eigenvalue weighted by Crippen LogP contribution is 2.17. The van der Waals surface area contributed by atoms with Gasteiger partial charge in [0.1, 0.15) is 6.04 Å². The molecular weight excluding hydrogens is 234 g/mol. The van der Waals surface area contributed by atoms with Crippen LogP contribution in [0.1, 0.15) is 37.6 Å². The van der Waals surface area contributed by atoms with Crippen molar-refractivity contribution in [2.24, 2.45) is 0 Å². The highest BCUT2D eigenvalue weighted by molar-refractivity contribution is 7.10. The van der Waals surface area contributed by atoms with E-state index in [1.54, 1.807) is 11.3 Å². The second-order valence-corrected chi connectivity index (χ2v) is 4.82. The lowest BCUT2D eigenvalue weighted by molar-refractivity contribution is -0.145. The van der Waals surface area contributed by atoms with Gasteiger partial charge in [-0.2, -0.15) is 0 Å². The molecule has 0 amide bonds. The average molecular weight is 255 g/mol. The van der Waals surface area contributed by atoms with Crippen LogP contribution >= 0.6 is 11.3 Å². The molecule has 0 aliphatic heterocycles. The molecule has 1 heterocycles. The van der Waals surface area contributed by atoms with Gasteiger partial charge in [0.15, 0.2) is 0 Å². The van der Waals surface area contributed by atoms with E-state index in [0.29, 0.717) is 6.61 Å². The predicted octanol–water partition coefficient (Wildman–Crippen LogP) is 2.74. The fourth-order valence-corrected chi connectivity index (χ4v) is 2.62. The van der Waals surface area contributed by atoms with Crippen molar-refractivity contribution in [1.29, 1.82) is 0 Å². The summed E-state index contributed by atoms with van der Waals surface area (Å²) in [6.45, 7) is 7.16. The Hall–Kier alpha value is -0.870. The first kappa shape index (κ1) is 14.2. The largest absolute Gasteiger partial charge is 0.465 e. The molecule has 1 unspecified atom stereocenters. The summed E-state index contributed by atoms with van der Waals surface area (Å²) in [7, 11) is 0. The monoisotopic (exact) mass is 255 g/mol. The van der Waals surface area contributed by atoms with Crippen LogP contribution in [0.5, 0.6) is 0 Å². The minimum absolute atomic E-state index is 0.149. The molecular formula is C13H21NO2S. The molecule has 1 atom stereocenters. The Morgan fingerprint density at radius 3 is 2.82 bits per heavy atom. The van der Waals surface area contributed by atoms with Gasteiger partial charge in [0.2, 0.25) is 0 Å². The fraction of sp³-hybridized carbons (Fsp3) is 0.615. The lowest BCUT2D eigenvalue weighted by Gasteiger charge is -2.15. The summed E-state index contributed by atoms with van der Waals surface area (Å²) in [5.41, 5.74) is 1.36. The summed E-state index contributed by atoms with van der Waals surface area (Å²) in [6.07, 6.45) is 1.79. The molecule has 0 saturated heterocycles. The van der Waals surface area contributed by atoms with Crippen molar-refractivity contribution in [3.05, 3.63) is 21.9 Å². The molecule has 0 aliphatic carbocycles. The van der Waals surface area contributed by atoms with Gasteiger partial charge in [-0.3, -0.25) is 10.1 Å². The van der Waals surface area contributed by atoms with Gasteiger partial charge in [-0.05, 0) is 36.8 Å². The van der Waals surface area contributed by atoms with Crippen molar-refractivity contribution in [2.45, 2.75) is 46.2 Å². The van der Waals surface area contributed by atoms with Crippen molar-refractivity contribution in [3.8, 4) is 0 Å². The number of carbonyl (C=O) groups is 1. The number of carbonyl (C=O) groups excluding carboxylic acids is 1. The van der Waals surface area contributed by atoms with Gasteiger partial charge >= 0.3 is 5.97 Å². The topological polar surface area (TPSA) is 38.3 Å². The third-order valence-corrected chi connectivity index (χ3v) is 3.67. The van der Waals surface area contributed by atoms with Crippen LogP contribution < -0.4 is 5.32 Å². The number of esters is 1. The number of ether oxygens (including phenoxy) is 1. The molecule has 4 heteroatoms. The minimum Gasteiger partial charge on any atom is -0.465 e. The maximum absolute atomic E-state index is 11.6. The SMILES string of the molecule is CCOC(=O)C(CC)NCc1sccc1CC. The number of hydrogen-bond acceptors (Lipinski definition) is 4. The van der Waals surface area contributed by atoms with Crippen molar-refractivity contribution >= 4 is 17.3 Å². The molecule has 1 aromatic heterocycles. The molecule has 0 bridgehead atoms. The Balaban J connectivity index is 2.50. The smallest absolute Gasteiger partial charge is 0.323 e. The second-order valence-electron chi connectivity index (χ2n) is 3.82. The number of hydrogen-bond donors (Lipinski definition) is 1. The summed E-state index contributed by atoms with van der Waals surface area (Å²) in [6, 6.07) is 1.95. The molecule has 1 N–H and O–H groups in total. The normalized spacial score (nSPS) is 12.4. The van der Waals surface area contributed by atoms with Crippen LogP contribution in [0.25, 0.3) is 0 Å². The van der Waals surface area contributed by atoms with E-state index in [1.807, 2.05) is 13.8 Å². The van der Waals surface area contributed by atoms with E-state index in [4.69, 9.17) is 4.74 Å². The standard InChI is InChI=1S/C13H21NO2S/c1-4-10-7-8-17-12(10)9-14-11(5-2)13(15)16-6-3/h7-8,11,14H,4-6,9H2,1-3H3. The average Bonchev–Trinajstić information content (AvgIpc) is 2.77. The first-order valence-corrected chi connectivity index (χ1v) is 7.06. The molecule has 0 spiro atoms. The van der Waals surface area contributed by atoms with Crippen molar-refractivity contribution in [1.82, 2.24) is 5.32 Å². The van der Waals surface area contributed by atoms with Gasteiger partial charge in [0, 0.05) is 11.4 Å². The number of aryl methyl sites for hydroxylation is 1.